The summed E-state index contributed by atoms with van der Waals surface area (Å²) in [5.74, 6) is 0.877. The summed E-state index contributed by atoms with van der Waals surface area (Å²) in [6, 6.07) is 0.445. The third-order valence-corrected chi connectivity index (χ3v) is 3.71. The number of guanidine groups is 1. The molecule has 1 heterocycles. The topological polar surface area (TPSA) is 58.1 Å². The van der Waals surface area contributed by atoms with Crippen LogP contribution in [0.3, 0.4) is 0 Å². The molecule has 0 aromatic carbocycles. The summed E-state index contributed by atoms with van der Waals surface area (Å²) < 4.78 is 10.9. The Kier molecular flexibility index (Phi) is 11.1. The van der Waals surface area contributed by atoms with Crippen LogP contribution in [0.4, 0.5) is 0 Å². The predicted octanol–water partition coefficient (Wildman–Crippen LogP) is 1.08. The summed E-state index contributed by atoms with van der Waals surface area (Å²) >= 11 is 0. The minimum atomic E-state index is 0.445. The Balaban J connectivity index is 2.24. The number of morpholine rings is 1. The van der Waals surface area contributed by atoms with Crippen LogP contribution in [0.2, 0.25) is 0 Å². The lowest BCUT2D eigenvalue weighted by molar-refractivity contribution is 0.0220. The normalized spacial score (nSPS) is 18.2. The molecule has 1 rings (SSSR count). The van der Waals surface area contributed by atoms with Crippen molar-refractivity contribution in [1.29, 1.82) is 0 Å². The monoisotopic (exact) mass is 314 g/mol. The first kappa shape index (κ1) is 19.2. The van der Waals surface area contributed by atoms with Gasteiger partial charge in [0.05, 0.1) is 26.4 Å². The summed E-state index contributed by atoms with van der Waals surface area (Å²) in [5, 5.41) is 6.61. The first-order valence-corrected chi connectivity index (χ1v) is 8.69. The maximum Gasteiger partial charge on any atom is 0.191 e. The molecule has 1 aliphatic heterocycles. The highest BCUT2D eigenvalue weighted by molar-refractivity contribution is 5.79. The van der Waals surface area contributed by atoms with E-state index in [1.54, 1.807) is 0 Å². The molecule has 22 heavy (non-hydrogen) atoms. The van der Waals surface area contributed by atoms with Crippen molar-refractivity contribution >= 4 is 5.96 Å². The average molecular weight is 314 g/mol. The van der Waals surface area contributed by atoms with Gasteiger partial charge >= 0.3 is 0 Å². The molecule has 0 saturated carbocycles. The van der Waals surface area contributed by atoms with Crippen LogP contribution in [0, 0.1) is 0 Å². The number of nitrogens with one attached hydrogen (secondary N) is 2. The summed E-state index contributed by atoms with van der Waals surface area (Å²) in [7, 11) is 0. The van der Waals surface area contributed by atoms with E-state index in [1.807, 2.05) is 0 Å². The van der Waals surface area contributed by atoms with Crippen molar-refractivity contribution in [2.75, 3.05) is 59.2 Å². The Morgan fingerprint density at radius 2 is 2.00 bits per heavy atom. The van der Waals surface area contributed by atoms with E-state index in [9.17, 15) is 0 Å². The standard InChI is InChI=1S/C16H34N4O2/c1-4-6-10-21-11-7-18-16(17-5-2)19-14-15(3)20-8-12-22-13-9-20/h15H,4-14H2,1-3H3,(H2,17,18,19). The van der Waals surface area contributed by atoms with Gasteiger partial charge in [-0.05, 0) is 20.3 Å². The van der Waals surface area contributed by atoms with Gasteiger partial charge in [0, 0.05) is 38.8 Å². The van der Waals surface area contributed by atoms with Crippen molar-refractivity contribution in [3.05, 3.63) is 0 Å². The lowest BCUT2D eigenvalue weighted by Crippen LogP contribution is -2.44. The smallest absolute Gasteiger partial charge is 0.191 e. The highest BCUT2D eigenvalue weighted by atomic mass is 16.5. The molecule has 6 nitrogen and oxygen atoms in total. The minimum absolute atomic E-state index is 0.445. The Labute approximate surface area is 135 Å². The van der Waals surface area contributed by atoms with Gasteiger partial charge in [0.2, 0.25) is 0 Å². The second-order valence-corrected chi connectivity index (χ2v) is 5.61. The van der Waals surface area contributed by atoms with Gasteiger partial charge in [-0.1, -0.05) is 13.3 Å². The molecular weight excluding hydrogens is 280 g/mol. The van der Waals surface area contributed by atoms with E-state index in [0.29, 0.717) is 6.04 Å². The minimum Gasteiger partial charge on any atom is -0.380 e. The Hall–Kier alpha value is -0.850. The Morgan fingerprint density at radius 3 is 2.68 bits per heavy atom. The first-order valence-electron chi connectivity index (χ1n) is 8.69. The molecular formula is C16H34N4O2. The van der Waals surface area contributed by atoms with Crippen molar-refractivity contribution in [3.8, 4) is 0 Å². The number of rotatable bonds is 10. The number of hydrogen-bond donors (Lipinski definition) is 2. The molecule has 1 aliphatic rings. The van der Waals surface area contributed by atoms with E-state index in [1.165, 1.54) is 6.42 Å². The number of aliphatic imine (C=N–C) groups is 1. The molecule has 0 spiro atoms. The van der Waals surface area contributed by atoms with Crippen LogP contribution in [0.1, 0.15) is 33.6 Å². The largest absolute Gasteiger partial charge is 0.380 e. The summed E-state index contributed by atoms with van der Waals surface area (Å²) in [4.78, 5) is 7.11. The summed E-state index contributed by atoms with van der Waals surface area (Å²) in [5.41, 5.74) is 0. The van der Waals surface area contributed by atoms with Gasteiger partial charge in [0.1, 0.15) is 0 Å². The first-order chi connectivity index (χ1) is 10.8. The average Bonchev–Trinajstić information content (AvgIpc) is 2.56. The molecule has 130 valence electrons. The lowest BCUT2D eigenvalue weighted by Gasteiger charge is -2.31. The molecule has 1 saturated heterocycles. The van der Waals surface area contributed by atoms with Gasteiger partial charge in [-0.3, -0.25) is 9.89 Å². The molecule has 0 radical (unpaired) electrons. The van der Waals surface area contributed by atoms with Gasteiger partial charge in [-0.25, -0.2) is 0 Å². The fourth-order valence-electron chi connectivity index (χ4n) is 2.29. The van der Waals surface area contributed by atoms with Crippen LogP contribution in [-0.4, -0.2) is 76.1 Å². The molecule has 0 amide bonds. The van der Waals surface area contributed by atoms with Crippen LogP contribution in [0.5, 0.6) is 0 Å². The summed E-state index contributed by atoms with van der Waals surface area (Å²) in [6.45, 7) is 14.2. The molecule has 2 N–H and O–H groups in total. The zero-order valence-electron chi connectivity index (χ0n) is 14.6. The maximum atomic E-state index is 5.56. The molecule has 1 fully saturated rings. The van der Waals surface area contributed by atoms with E-state index in [-0.39, 0.29) is 0 Å². The van der Waals surface area contributed by atoms with E-state index in [0.717, 1.165) is 71.5 Å². The molecule has 0 aliphatic carbocycles. The SMILES string of the molecule is CCCCOCCNC(=NCC(C)N1CCOCC1)NCC. The van der Waals surface area contributed by atoms with Crippen LogP contribution in [-0.2, 0) is 9.47 Å². The van der Waals surface area contributed by atoms with Crippen molar-refractivity contribution in [1.82, 2.24) is 15.5 Å². The van der Waals surface area contributed by atoms with Crippen LogP contribution in [0.15, 0.2) is 4.99 Å². The van der Waals surface area contributed by atoms with E-state index < -0.39 is 0 Å². The third-order valence-electron chi connectivity index (χ3n) is 3.71. The fourth-order valence-corrected chi connectivity index (χ4v) is 2.29. The third kappa shape index (κ3) is 8.56. The number of nitrogens with zero attached hydrogens (tertiary/aromatic N) is 2. The molecule has 0 aromatic rings. The molecule has 1 unspecified atom stereocenters. The van der Waals surface area contributed by atoms with Gasteiger partial charge in [0.25, 0.3) is 0 Å². The maximum absolute atomic E-state index is 5.56. The second-order valence-electron chi connectivity index (χ2n) is 5.61. The quantitative estimate of drug-likeness (QED) is 0.359. The Morgan fingerprint density at radius 1 is 1.23 bits per heavy atom. The van der Waals surface area contributed by atoms with E-state index >= 15 is 0 Å². The zero-order chi connectivity index (χ0) is 16.0. The number of hydrogen-bond acceptors (Lipinski definition) is 4. The van der Waals surface area contributed by atoms with Gasteiger partial charge < -0.3 is 20.1 Å². The molecule has 0 aromatic heterocycles. The summed E-state index contributed by atoms with van der Waals surface area (Å²) in [6.07, 6.45) is 2.31. The molecule has 1 atom stereocenters. The highest BCUT2D eigenvalue weighted by Crippen LogP contribution is 2.03. The number of unbranched alkanes of at least 4 members (excludes halogenated alkanes) is 1. The molecule has 0 bridgehead atoms. The second kappa shape index (κ2) is 12.7. The highest BCUT2D eigenvalue weighted by Gasteiger charge is 2.16. The molecule has 6 heteroatoms. The van der Waals surface area contributed by atoms with Crippen LogP contribution in [0.25, 0.3) is 0 Å². The lowest BCUT2D eigenvalue weighted by atomic mass is 10.2. The van der Waals surface area contributed by atoms with Crippen molar-refractivity contribution < 1.29 is 9.47 Å². The zero-order valence-corrected chi connectivity index (χ0v) is 14.6. The Bertz CT molecular complexity index is 294. The van der Waals surface area contributed by atoms with Gasteiger partial charge in [-0.2, -0.15) is 0 Å². The van der Waals surface area contributed by atoms with E-state index in [4.69, 9.17) is 9.47 Å². The van der Waals surface area contributed by atoms with Crippen LogP contribution < -0.4 is 10.6 Å². The number of ether oxygens (including phenoxy) is 2. The van der Waals surface area contributed by atoms with Crippen molar-refractivity contribution in [2.45, 2.75) is 39.7 Å². The van der Waals surface area contributed by atoms with Crippen molar-refractivity contribution in [2.24, 2.45) is 4.99 Å². The van der Waals surface area contributed by atoms with Crippen LogP contribution >= 0.6 is 0 Å². The van der Waals surface area contributed by atoms with Gasteiger partial charge in [-0.15, -0.1) is 0 Å². The van der Waals surface area contributed by atoms with E-state index in [2.05, 4.69) is 41.3 Å². The van der Waals surface area contributed by atoms with Crippen molar-refractivity contribution in [3.63, 3.8) is 0 Å². The predicted molar refractivity (Wildman–Crippen MR) is 91.6 cm³/mol. The van der Waals surface area contributed by atoms with Gasteiger partial charge in [0.15, 0.2) is 5.96 Å². The fraction of sp³-hybridized carbons (Fsp3) is 0.938.